The molecule has 0 amide bonds. The van der Waals surface area contributed by atoms with E-state index in [-0.39, 0.29) is 12.4 Å². The Kier molecular flexibility index (Phi) is 2.80. The van der Waals surface area contributed by atoms with Crippen molar-refractivity contribution in [2.45, 2.75) is 18.2 Å². The van der Waals surface area contributed by atoms with E-state index in [9.17, 15) is 5.11 Å². The smallest absolute Gasteiger partial charge is 0.166 e. The molecule has 0 aromatic carbocycles. The van der Waals surface area contributed by atoms with E-state index in [0.717, 1.165) is 0 Å². The van der Waals surface area contributed by atoms with Crippen LogP contribution >= 0.6 is 0 Å². The van der Waals surface area contributed by atoms with Crippen molar-refractivity contribution in [2.24, 2.45) is 0 Å². The number of rotatable bonds is 2. The molecule has 3 heterocycles. The Bertz CT molecular complexity index is 626. The Morgan fingerprint density at radius 1 is 1.37 bits per heavy atom. The van der Waals surface area contributed by atoms with E-state index in [0.29, 0.717) is 11.2 Å². The molecule has 1 aliphatic heterocycles. The molecule has 0 aliphatic carbocycles. The predicted molar refractivity (Wildman–Crippen MR) is 65.9 cm³/mol. The predicted octanol–water partition coefficient (Wildman–Crippen LogP) is -0.785. The number of aliphatic hydroxyl groups is 2. The number of nitrogens with two attached hydrogens (primary N) is 1. The number of nitrogen functional groups attached to an aromatic ring is 1. The summed E-state index contributed by atoms with van der Waals surface area (Å²) in [5.74, 6) is 0.285. The SMILES string of the molecule is Nc1ncnc2c1ncn2C1C=COC(CO)C1O. The van der Waals surface area contributed by atoms with Crippen LogP contribution in [0.5, 0.6) is 0 Å². The zero-order valence-electron chi connectivity index (χ0n) is 9.92. The maximum Gasteiger partial charge on any atom is 0.166 e. The first-order valence-electron chi connectivity index (χ1n) is 5.76. The van der Waals surface area contributed by atoms with Gasteiger partial charge in [-0.1, -0.05) is 0 Å². The molecule has 0 spiro atoms. The summed E-state index contributed by atoms with van der Waals surface area (Å²) in [6.45, 7) is -0.272. The van der Waals surface area contributed by atoms with E-state index in [2.05, 4.69) is 15.0 Å². The third-order valence-electron chi connectivity index (χ3n) is 3.15. The minimum atomic E-state index is -0.899. The van der Waals surface area contributed by atoms with E-state index < -0.39 is 18.2 Å². The van der Waals surface area contributed by atoms with E-state index >= 15 is 0 Å². The fourth-order valence-corrected chi connectivity index (χ4v) is 2.14. The lowest BCUT2D eigenvalue weighted by molar-refractivity contribution is -0.0503. The highest BCUT2D eigenvalue weighted by atomic mass is 16.5. The van der Waals surface area contributed by atoms with Gasteiger partial charge < -0.3 is 25.3 Å². The van der Waals surface area contributed by atoms with Crippen molar-refractivity contribution in [3.63, 3.8) is 0 Å². The van der Waals surface area contributed by atoms with Crippen LogP contribution in [0.15, 0.2) is 25.0 Å². The number of aliphatic hydroxyl groups excluding tert-OH is 2. The Morgan fingerprint density at radius 3 is 3.00 bits per heavy atom. The normalized spacial score (nSPS) is 26.5. The molecule has 100 valence electrons. The number of hydrogen-bond acceptors (Lipinski definition) is 7. The van der Waals surface area contributed by atoms with Crippen molar-refractivity contribution >= 4 is 17.0 Å². The number of fused-ring (bicyclic) bond motifs is 1. The first-order valence-corrected chi connectivity index (χ1v) is 5.76. The Hall–Kier alpha value is -2.19. The molecule has 19 heavy (non-hydrogen) atoms. The third kappa shape index (κ3) is 1.81. The van der Waals surface area contributed by atoms with E-state index in [4.69, 9.17) is 15.6 Å². The molecule has 1 aliphatic rings. The summed E-state index contributed by atoms with van der Waals surface area (Å²) in [6, 6.07) is -0.426. The molecule has 0 radical (unpaired) electrons. The standard InChI is InChI=1S/C11H13N5O3/c12-10-8-11(14-4-13-10)16(5-15-8)6-1-2-19-7(3-17)9(6)18/h1-2,4-7,9,17-18H,3H2,(H2,12,13,14). The summed E-state index contributed by atoms with van der Waals surface area (Å²) >= 11 is 0. The van der Waals surface area contributed by atoms with Crippen molar-refractivity contribution in [3.8, 4) is 0 Å². The van der Waals surface area contributed by atoms with Gasteiger partial charge in [-0.25, -0.2) is 15.0 Å². The van der Waals surface area contributed by atoms with E-state index in [1.54, 1.807) is 10.6 Å². The highest BCUT2D eigenvalue weighted by Crippen LogP contribution is 2.26. The number of anilines is 1. The molecular weight excluding hydrogens is 250 g/mol. The van der Waals surface area contributed by atoms with Gasteiger partial charge in [-0.2, -0.15) is 0 Å². The molecule has 0 saturated carbocycles. The molecule has 8 nitrogen and oxygen atoms in total. The van der Waals surface area contributed by atoms with Crippen LogP contribution in [0.3, 0.4) is 0 Å². The van der Waals surface area contributed by atoms with Gasteiger partial charge in [0, 0.05) is 0 Å². The second kappa shape index (κ2) is 4.48. The molecule has 0 bridgehead atoms. The van der Waals surface area contributed by atoms with Crippen molar-refractivity contribution in [1.82, 2.24) is 19.5 Å². The van der Waals surface area contributed by atoms with Crippen LogP contribution in [0, 0.1) is 0 Å². The van der Waals surface area contributed by atoms with Gasteiger partial charge in [0.25, 0.3) is 0 Å². The lowest BCUT2D eigenvalue weighted by Crippen LogP contribution is -2.40. The minimum Gasteiger partial charge on any atom is -0.493 e. The Balaban J connectivity index is 2.07. The van der Waals surface area contributed by atoms with Gasteiger partial charge in [0.15, 0.2) is 11.5 Å². The Labute approximate surface area is 108 Å². The largest absolute Gasteiger partial charge is 0.493 e. The fraction of sp³-hybridized carbons (Fsp3) is 0.364. The second-order valence-corrected chi connectivity index (χ2v) is 4.25. The molecule has 3 unspecified atom stereocenters. The lowest BCUT2D eigenvalue weighted by atomic mass is 10.0. The highest BCUT2D eigenvalue weighted by molar-refractivity contribution is 5.81. The summed E-state index contributed by atoms with van der Waals surface area (Å²) in [7, 11) is 0. The van der Waals surface area contributed by atoms with Gasteiger partial charge >= 0.3 is 0 Å². The second-order valence-electron chi connectivity index (χ2n) is 4.25. The summed E-state index contributed by atoms with van der Waals surface area (Å²) < 4.78 is 6.81. The molecule has 8 heteroatoms. The number of imidazole rings is 1. The van der Waals surface area contributed by atoms with Crippen molar-refractivity contribution in [2.75, 3.05) is 12.3 Å². The van der Waals surface area contributed by atoms with Crippen LogP contribution in [0.4, 0.5) is 5.82 Å². The van der Waals surface area contributed by atoms with Gasteiger partial charge in [-0.05, 0) is 6.08 Å². The quantitative estimate of drug-likeness (QED) is 0.649. The molecule has 4 N–H and O–H groups in total. The zero-order valence-corrected chi connectivity index (χ0v) is 9.92. The van der Waals surface area contributed by atoms with Gasteiger partial charge in [0.1, 0.15) is 24.1 Å². The topological polar surface area (TPSA) is 119 Å². The average molecular weight is 263 g/mol. The summed E-state index contributed by atoms with van der Waals surface area (Å²) in [5, 5.41) is 19.3. The van der Waals surface area contributed by atoms with Crippen LogP contribution < -0.4 is 5.73 Å². The molecule has 2 aromatic heterocycles. The Morgan fingerprint density at radius 2 is 2.21 bits per heavy atom. The van der Waals surface area contributed by atoms with Crippen molar-refractivity contribution in [1.29, 1.82) is 0 Å². The van der Waals surface area contributed by atoms with Crippen molar-refractivity contribution in [3.05, 3.63) is 25.0 Å². The van der Waals surface area contributed by atoms with Gasteiger partial charge in [-0.3, -0.25) is 0 Å². The maximum atomic E-state index is 10.2. The lowest BCUT2D eigenvalue weighted by Gasteiger charge is -2.30. The molecule has 0 fully saturated rings. The number of hydrogen-bond donors (Lipinski definition) is 3. The van der Waals surface area contributed by atoms with E-state index in [1.807, 2.05) is 0 Å². The summed E-state index contributed by atoms with van der Waals surface area (Å²) in [4.78, 5) is 12.1. The van der Waals surface area contributed by atoms with Crippen LogP contribution in [0.25, 0.3) is 11.2 Å². The average Bonchev–Trinajstić information content (AvgIpc) is 2.84. The zero-order chi connectivity index (χ0) is 13.4. The van der Waals surface area contributed by atoms with Crippen LogP contribution in [0.2, 0.25) is 0 Å². The molecule has 3 atom stereocenters. The first-order chi connectivity index (χ1) is 9.22. The van der Waals surface area contributed by atoms with Crippen LogP contribution in [-0.2, 0) is 4.74 Å². The van der Waals surface area contributed by atoms with Gasteiger partial charge in [0.05, 0.1) is 25.2 Å². The number of nitrogens with zero attached hydrogens (tertiary/aromatic N) is 4. The van der Waals surface area contributed by atoms with Crippen LogP contribution in [-0.4, -0.2) is 48.5 Å². The summed E-state index contributed by atoms with van der Waals surface area (Å²) in [5.41, 5.74) is 6.72. The molecule has 0 saturated heterocycles. The van der Waals surface area contributed by atoms with Gasteiger partial charge in [-0.15, -0.1) is 0 Å². The molecule has 3 rings (SSSR count). The fourth-order valence-electron chi connectivity index (χ4n) is 2.14. The first kappa shape index (κ1) is 11.9. The molecular formula is C11H13N5O3. The maximum absolute atomic E-state index is 10.2. The van der Waals surface area contributed by atoms with E-state index in [1.165, 1.54) is 18.9 Å². The highest BCUT2D eigenvalue weighted by Gasteiger charge is 2.32. The van der Waals surface area contributed by atoms with Gasteiger partial charge in [0.2, 0.25) is 0 Å². The summed E-state index contributed by atoms with van der Waals surface area (Å²) in [6.07, 6.45) is 4.43. The number of aromatic nitrogens is 4. The number of ether oxygens (including phenoxy) is 1. The molecule has 2 aromatic rings. The van der Waals surface area contributed by atoms with Crippen molar-refractivity contribution < 1.29 is 14.9 Å². The van der Waals surface area contributed by atoms with Crippen LogP contribution in [0.1, 0.15) is 6.04 Å². The third-order valence-corrected chi connectivity index (χ3v) is 3.15. The monoisotopic (exact) mass is 263 g/mol. The minimum absolute atomic E-state index is 0.272.